The van der Waals surface area contributed by atoms with E-state index in [0.717, 1.165) is 0 Å². The van der Waals surface area contributed by atoms with Gasteiger partial charge in [0.25, 0.3) is 5.82 Å². The van der Waals surface area contributed by atoms with Crippen molar-refractivity contribution in [2.45, 2.75) is 26.2 Å². The average molecular weight is 441 g/mol. The molecule has 1 N–H and O–H groups in total. The first-order valence-electron chi connectivity index (χ1n) is 3.86. The van der Waals surface area contributed by atoms with Crippen LogP contribution in [0.15, 0.2) is 12.4 Å². The van der Waals surface area contributed by atoms with Gasteiger partial charge in [-0.25, -0.2) is 9.55 Å². The third kappa shape index (κ3) is 25.6. The van der Waals surface area contributed by atoms with E-state index < -0.39 is 0 Å². The Labute approximate surface area is 181 Å². The van der Waals surface area contributed by atoms with Gasteiger partial charge >= 0.3 is 34.7 Å². The Kier molecular flexibility index (Phi) is 113. The minimum absolute atomic E-state index is 0. The number of hydrogen-bond donors (Lipinski definition) is 1. The second-order valence-corrected chi connectivity index (χ2v) is 2.62. The fourth-order valence-electron chi connectivity index (χ4n) is 1.03. The van der Waals surface area contributed by atoms with Crippen LogP contribution in [0.25, 0.3) is 0 Å². The van der Waals surface area contributed by atoms with Crippen LogP contribution in [0, 0.1) is 0 Å². The quantitative estimate of drug-likeness (QED) is 0.355. The van der Waals surface area contributed by atoms with E-state index >= 15 is 0 Å². The molecule has 1 rings (SSSR count). The number of nitrogens with one attached hydrogen (secondary N) is 1. The Morgan fingerprint density at radius 2 is 1.37 bits per heavy atom. The molecule has 1 aromatic rings. The van der Waals surface area contributed by atoms with E-state index in [1.165, 1.54) is 25.1 Å². The van der Waals surface area contributed by atoms with Crippen LogP contribution in [0.4, 0.5) is 0 Å². The molecule has 112 valence electrons. The van der Waals surface area contributed by atoms with Gasteiger partial charge in [0.2, 0.25) is 0 Å². The van der Waals surface area contributed by atoms with Crippen molar-refractivity contribution in [2.75, 3.05) is 0 Å². The molecular formula is C8H15Al2Cl7N2. The molecule has 1 heterocycles. The van der Waals surface area contributed by atoms with Crippen molar-refractivity contribution in [2.24, 2.45) is 7.05 Å². The summed E-state index contributed by atoms with van der Waals surface area (Å²) in [5.74, 6) is 1.32. The van der Waals surface area contributed by atoms with Crippen molar-refractivity contribution in [1.82, 2.24) is 4.98 Å². The number of halogens is 7. The molecule has 1 aromatic heterocycles. The van der Waals surface area contributed by atoms with Gasteiger partial charge < -0.3 is 86.8 Å². The monoisotopic (exact) mass is 438 g/mol. The molecule has 0 fully saturated rings. The summed E-state index contributed by atoms with van der Waals surface area (Å²) in [4.78, 5) is 3.20. The number of hydrogen-bond acceptors (Lipinski definition) is 0. The first-order valence-corrected chi connectivity index (χ1v) is 3.86. The second kappa shape index (κ2) is 37.0. The first kappa shape index (κ1) is 58.0. The van der Waals surface area contributed by atoms with Crippen molar-refractivity contribution in [3.8, 4) is 0 Å². The second-order valence-electron chi connectivity index (χ2n) is 2.62. The molecule has 0 aromatic carbocycles. The summed E-state index contributed by atoms with van der Waals surface area (Å²) in [7, 11) is 2.07. The number of aromatic amines is 1. The molecule has 2 nitrogen and oxygen atoms in total. The van der Waals surface area contributed by atoms with Gasteiger partial charge in [0.05, 0.1) is 7.05 Å². The van der Waals surface area contributed by atoms with E-state index in [9.17, 15) is 0 Å². The molecule has 0 aliphatic rings. The van der Waals surface area contributed by atoms with Crippen molar-refractivity contribution in [3.63, 3.8) is 0 Å². The molecule has 0 amide bonds. The van der Waals surface area contributed by atoms with Crippen molar-refractivity contribution < 1.29 is 91.4 Å². The zero-order valence-electron chi connectivity index (χ0n) is 10.5. The van der Waals surface area contributed by atoms with Gasteiger partial charge in [-0.15, -0.1) is 0 Å². The fourth-order valence-corrected chi connectivity index (χ4v) is 1.03. The van der Waals surface area contributed by atoms with Gasteiger partial charge in [-0.2, -0.15) is 0 Å². The molecule has 0 atom stereocenters. The normalized spacial score (nSPS) is 5.37. The van der Waals surface area contributed by atoms with Gasteiger partial charge in [-0.05, 0) is 6.42 Å². The fraction of sp³-hybridized carbons (Fsp3) is 0.625. The van der Waals surface area contributed by atoms with Crippen molar-refractivity contribution >= 4 is 34.7 Å². The minimum atomic E-state index is 0. The molecule has 19 heavy (non-hydrogen) atoms. The van der Waals surface area contributed by atoms with E-state index in [-0.39, 0.29) is 122 Å². The van der Waals surface area contributed by atoms with E-state index in [2.05, 4.69) is 23.5 Å². The minimum Gasteiger partial charge on any atom is -1.00 e. The molecule has 0 unspecified atom stereocenters. The van der Waals surface area contributed by atoms with E-state index in [1.807, 2.05) is 12.4 Å². The predicted octanol–water partition coefficient (Wildman–Crippen LogP) is -20.6. The topological polar surface area (TPSA) is 19.7 Å². The molecule has 0 saturated carbocycles. The van der Waals surface area contributed by atoms with E-state index in [4.69, 9.17) is 0 Å². The maximum absolute atomic E-state index is 3.20. The van der Waals surface area contributed by atoms with Crippen LogP contribution in [-0.4, -0.2) is 39.7 Å². The van der Waals surface area contributed by atoms with Gasteiger partial charge in [-0.3, -0.25) is 0 Å². The Morgan fingerprint density at radius 1 is 0.947 bits per heavy atom. The van der Waals surface area contributed by atoms with Crippen molar-refractivity contribution in [1.29, 1.82) is 0 Å². The Bertz CT molecular complexity index is 217. The number of rotatable bonds is 3. The van der Waals surface area contributed by atoms with Crippen LogP contribution in [0.3, 0.4) is 0 Å². The average Bonchev–Trinajstić information content (AvgIpc) is 2.31. The summed E-state index contributed by atoms with van der Waals surface area (Å²) in [6.07, 6.45) is 7.73. The summed E-state index contributed by atoms with van der Waals surface area (Å²) >= 11 is 0. The maximum atomic E-state index is 3.20. The van der Waals surface area contributed by atoms with Crippen LogP contribution in [-0.2, 0) is 13.5 Å². The molecule has 0 aliphatic carbocycles. The zero-order chi connectivity index (χ0) is 7.40. The standard InChI is InChI=1S/C8H14N2.2Al.7ClH/c1-3-4-5-8-9-6-7-10(8)2;;;;;;;;;/h6-7H,3-5H2,1-2H3;;;7*1H/q;2*+3;;;;;;;/p-6. The number of unbranched alkanes of at least 4 members (excludes halogenated alkanes) is 1. The van der Waals surface area contributed by atoms with Gasteiger partial charge in [-0.1, -0.05) is 13.3 Å². The number of nitrogens with zero attached hydrogens (tertiary/aromatic N) is 1. The van der Waals surface area contributed by atoms with Crippen LogP contribution < -0.4 is 91.4 Å². The Morgan fingerprint density at radius 3 is 1.63 bits per heavy atom. The SMILES string of the molecule is CCCCc1[nH]cc[n+]1C.[Al+3].[Al+3].[Cl-].[Cl-].[Cl-].[Cl-].[Cl-].[Cl-].[Cl-]. The predicted molar refractivity (Wildman–Crippen MR) is 52.1 cm³/mol. The molecule has 0 radical (unpaired) electrons. The zero-order valence-corrected chi connectivity index (χ0v) is 18.1. The number of aromatic nitrogens is 2. The molecule has 11 heteroatoms. The summed E-state index contributed by atoms with van der Waals surface area (Å²) < 4.78 is 2.13. The number of aryl methyl sites for hydroxylation is 2. The first-order chi connectivity index (χ1) is 4.84. The molecular weight excluding hydrogens is 426 g/mol. The Balaban J connectivity index is -0.0000000159. The number of imidazole rings is 1. The molecule has 0 spiro atoms. The smallest absolute Gasteiger partial charge is 1.00 e. The molecule has 0 bridgehead atoms. The van der Waals surface area contributed by atoms with E-state index in [1.54, 1.807) is 0 Å². The maximum Gasteiger partial charge on any atom is 3.00 e. The third-order valence-electron chi connectivity index (χ3n) is 1.74. The molecule has 0 saturated heterocycles. The van der Waals surface area contributed by atoms with Crippen LogP contribution in [0.5, 0.6) is 0 Å². The molecule has 0 aliphatic heterocycles. The number of H-pyrrole nitrogens is 1. The van der Waals surface area contributed by atoms with Gasteiger partial charge in [0.15, 0.2) is 0 Å². The van der Waals surface area contributed by atoms with Crippen molar-refractivity contribution in [3.05, 3.63) is 18.2 Å². The van der Waals surface area contributed by atoms with E-state index in [0.29, 0.717) is 0 Å². The third-order valence-corrected chi connectivity index (χ3v) is 1.74. The summed E-state index contributed by atoms with van der Waals surface area (Å²) in [6, 6.07) is 0. The van der Waals surface area contributed by atoms with Crippen LogP contribution >= 0.6 is 0 Å². The van der Waals surface area contributed by atoms with Gasteiger partial charge in [0, 0.05) is 6.42 Å². The summed E-state index contributed by atoms with van der Waals surface area (Å²) in [5, 5.41) is 0. The summed E-state index contributed by atoms with van der Waals surface area (Å²) in [6.45, 7) is 2.21. The van der Waals surface area contributed by atoms with Crippen LogP contribution in [0.1, 0.15) is 25.6 Å². The van der Waals surface area contributed by atoms with Crippen LogP contribution in [0.2, 0.25) is 0 Å². The summed E-state index contributed by atoms with van der Waals surface area (Å²) in [5.41, 5.74) is 0. The van der Waals surface area contributed by atoms with Gasteiger partial charge in [0.1, 0.15) is 12.4 Å². The largest absolute Gasteiger partial charge is 3.00 e. The Hall–Kier alpha value is 2.30.